The average molecular weight is 422 g/mol. The van der Waals surface area contributed by atoms with E-state index in [4.69, 9.17) is 10.5 Å². The summed E-state index contributed by atoms with van der Waals surface area (Å²) in [5.74, 6) is -0.223. The Morgan fingerprint density at radius 3 is 2.74 bits per heavy atom. The quantitative estimate of drug-likeness (QED) is 0.560. The number of carbonyl (C=O) groups is 1. The van der Waals surface area contributed by atoms with Gasteiger partial charge >= 0.3 is 0 Å². The minimum Gasteiger partial charge on any atom is -0.495 e. The number of para-hydroxylation sites is 1. The summed E-state index contributed by atoms with van der Waals surface area (Å²) in [5.41, 5.74) is 8.79. The molecule has 9 heteroatoms. The third-order valence-corrected chi connectivity index (χ3v) is 5.15. The normalized spacial score (nSPS) is 13.4. The van der Waals surface area contributed by atoms with E-state index in [1.165, 1.54) is 23.4 Å². The van der Waals surface area contributed by atoms with Crippen LogP contribution in [0.1, 0.15) is 21.5 Å². The van der Waals surface area contributed by atoms with Crippen molar-refractivity contribution in [2.75, 3.05) is 31.3 Å². The topological polar surface area (TPSA) is 105 Å². The van der Waals surface area contributed by atoms with Gasteiger partial charge in [0.15, 0.2) is 0 Å². The Bertz CT molecular complexity index is 1140. The monoisotopic (exact) mass is 422 g/mol. The number of benzene rings is 2. The lowest BCUT2D eigenvalue weighted by atomic mass is 9.99. The van der Waals surface area contributed by atoms with Gasteiger partial charge in [0.1, 0.15) is 22.9 Å². The molecule has 160 valence electrons. The maximum atomic E-state index is 14.1. The second-order valence-electron chi connectivity index (χ2n) is 7.36. The number of hydrogen-bond donors (Lipinski definition) is 3. The molecule has 0 atom stereocenters. The molecule has 0 unspecified atom stereocenters. The van der Waals surface area contributed by atoms with E-state index in [9.17, 15) is 9.18 Å². The molecule has 2 heterocycles. The molecule has 0 spiro atoms. The van der Waals surface area contributed by atoms with Crippen LogP contribution in [-0.4, -0.2) is 41.5 Å². The third-order valence-electron chi connectivity index (χ3n) is 5.15. The Balaban J connectivity index is 1.68. The Morgan fingerprint density at radius 2 is 2.00 bits per heavy atom. The summed E-state index contributed by atoms with van der Waals surface area (Å²) in [6.45, 7) is 1.82. The lowest BCUT2D eigenvalue weighted by molar-refractivity contribution is 0.100. The number of nitrogens with two attached hydrogens (primary N) is 1. The van der Waals surface area contributed by atoms with Crippen molar-refractivity contribution in [3.8, 4) is 5.75 Å². The van der Waals surface area contributed by atoms with E-state index in [1.807, 2.05) is 12.1 Å². The van der Waals surface area contributed by atoms with Gasteiger partial charge in [0.2, 0.25) is 5.95 Å². The van der Waals surface area contributed by atoms with Crippen molar-refractivity contribution in [2.45, 2.75) is 13.0 Å². The van der Waals surface area contributed by atoms with Crippen molar-refractivity contribution in [3.63, 3.8) is 0 Å². The highest BCUT2D eigenvalue weighted by Crippen LogP contribution is 2.33. The zero-order valence-corrected chi connectivity index (χ0v) is 17.3. The van der Waals surface area contributed by atoms with E-state index >= 15 is 0 Å². The highest BCUT2D eigenvalue weighted by Gasteiger charge is 2.19. The molecule has 0 fully saturated rings. The van der Waals surface area contributed by atoms with Crippen molar-refractivity contribution < 1.29 is 13.9 Å². The summed E-state index contributed by atoms with van der Waals surface area (Å²) in [6, 6.07) is 10.1. The molecule has 8 nitrogen and oxygen atoms in total. The van der Waals surface area contributed by atoms with Crippen LogP contribution in [0.5, 0.6) is 5.75 Å². The predicted octanol–water partition coefficient (Wildman–Crippen LogP) is 3.20. The van der Waals surface area contributed by atoms with Gasteiger partial charge in [-0.05, 0) is 48.9 Å². The molecule has 4 rings (SSSR count). The number of anilines is 4. The standard InChI is InChI=1S/C22H23FN6O2/c1-29-8-7-13-10-19(31-2)18(9-14(13)12-29)27-22-25-11-15(20(24)30)21(28-22)26-17-6-4-3-5-16(17)23/h3-6,9-11H,7-8,12H2,1-2H3,(H2,24,30)(H2,25,26,27,28). The number of methoxy groups -OCH3 is 1. The number of ether oxygens (including phenoxy) is 1. The van der Waals surface area contributed by atoms with E-state index in [2.05, 4.69) is 32.5 Å². The first-order valence-corrected chi connectivity index (χ1v) is 9.78. The van der Waals surface area contributed by atoms with Crippen molar-refractivity contribution in [1.29, 1.82) is 0 Å². The van der Waals surface area contributed by atoms with Gasteiger partial charge in [-0.3, -0.25) is 4.79 Å². The lowest BCUT2D eigenvalue weighted by Crippen LogP contribution is -2.26. The van der Waals surface area contributed by atoms with Gasteiger partial charge in [-0.25, -0.2) is 9.37 Å². The molecule has 2 aromatic carbocycles. The summed E-state index contributed by atoms with van der Waals surface area (Å²) in [4.78, 5) is 22.6. The number of rotatable bonds is 6. The summed E-state index contributed by atoms with van der Waals surface area (Å²) in [6.07, 6.45) is 2.25. The van der Waals surface area contributed by atoms with Crippen LogP contribution in [0.2, 0.25) is 0 Å². The van der Waals surface area contributed by atoms with Gasteiger partial charge in [0, 0.05) is 19.3 Å². The smallest absolute Gasteiger partial charge is 0.254 e. The van der Waals surface area contributed by atoms with Gasteiger partial charge in [0.05, 0.1) is 18.5 Å². The van der Waals surface area contributed by atoms with Crippen molar-refractivity contribution in [3.05, 3.63) is 65.1 Å². The van der Waals surface area contributed by atoms with E-state index < -0.39 is 11.7 Å². The molecule has 0 saturated heterocycles. The summed E-state index contributed by atoms with van der Waals surface area (Å²) < 4.78 is 19.6. The van der Waals surface area contributed by atoms with Crippen LogP contribution >= 0.6 is 0 Å². The highest BCUT2D eigenvalue weighted by atomic mass is 19.1. The lowest BCUT2D eigenvalue weighted by Gasteiger charge is -2.26. The van der Waals surface area contributed by atoms with Crippen molar-refractivity contribution >= 4 is 29.0 Å². The fourth-order valence-corrected chi connectivity index (χ4v) is 3.52. The number of nitrogens with one attached hydrogen (secondary N) is 2. The number of fused-ring (bicyclic) bond motifs is 1. The Kier molecular flexibility index (Phi) is 5.68. The van der Waals surface area contributed by atoms with Gasteiger partial charge in [-0.2, -0.15) is 4.98 Å². The maximum absolute atomic E-state index is 14.1. The Hall–Kier alpha value is -3.72. The first-order chi connectivity index (χ1) is 14.9. The second-order valence-corrected chi connectivity index (χ2v) is 7.36. The van der Waals surface area contributed by atoms with Gasteiger partial charge in [0.25, 0.3) is 5.91 Å². The van der Waals surface area contributed by atoms with Crippen LogP contribution in [0.15, 0.2) is 42.6 Å². The zero-order chi connectivity index (χ0) is 22.0. The SMILES string of the molecule is COc1cc2c(cc1Nc1ncc(C(N)=O)c(Nc3ccccc3F)n1)CN(C)CC2. The molecule has 0 bridgehead atoms. The largest absolute Gasteiger partial charge is 0.495 e. The van der Waals surface area contributed by atoms with E-state index in [0.717, 1.165) is 19.5 Å². The summed E-state index contributed by atoms with van der Waals surface area (Å²) in [5, 5.41) is 5.97. The highest BCUT2D eigenvalue weighted by molar-refractivity contribution is 5.98. The number of amides is 1. The minimum atomic E-state index is -0.722. The minimum absolute atomic E-state index is 0.0489. The summed E-state index contributed by atoms with van der Waals surface area (Å²) in [7, 11) is 3.68. The molecule has 1 amide bonds. The molecule has 3 aromatic rings. The van der Waals surface area contributed by atoms with Crippen molar-refractivity contribution in [1.82, 2.24) is 14.9 Å². The van der Waals surface area contributed by atoms with E-state index in [1.54, 1.807) is 25.3 Å². The molecule has 1 aromatic heterocycles. The molecule has 0 radical (unpaired) electrons. The number of hydrogen-bond acceptors (Lipinski definition) is 7. The first kappa shape index (κ1) is 20.5. The maximum Gasteiger partial charge on any atom is 0.254 e. The van der Waals surface area contributed by atoms with Gasteiger partial charge in [-0.15, -0.1) is 0 Å². The number of primary amides is 1. The summed E-state index contributed by atoms with van der Waals surface area (Å²) >= 11 is 0. The van der Waals surface area contributed by atoms with Crippen molar-refractivity contribution in [2.24, 2.45) is 5.73 Å². The number of nitrogens with zero attached hydrogens (tertiary/aromatic N) is 3. The Morgan fingerprint density at radius 1 is 1.19 bits per heavy atom. The zero-order valence-electron chi connectivity index (χ0n) is 17.3. The molecular weight excluding hydrogens is 399 g/mol. The number of halogens is 1. The molecule has 1 aliphatic rings. The molecule has 31 heavy (non-hydrogen) atoms. The van der Waals surface area contributed by atoms with Crippen LogP contribution in [0, 0.1) is 5.82 Å². The van der Waals surface area contributed by atoms with Gasteiger partial charge in [-0.1, -0.05) is 12.1 Å². The molecule has 0 saturated carbocycles. The fourth-order valence-electron chi connectivity index (χ4n) is 3.52. The molecule has 0 aliphatic carbocycles. The molecule has 4 N–H and O–H groups in total. The fraction of sp³-hybridized carbons (Fsp3) is 0.227. The number of carbonyl (C=O) groups excluding carboxylic acids is 1. The van der Waals surface area contributed by atoms with Crippen LogP contribution in [0.4, 0.5) is 27.5 Å². The van der Waals surface area contributed by atoms with Crippen LogP contribution in [0.25, 0.3) is 0 Å². The Labute approximate surface area is 179 Å². The second kappa shape index (κ2) is 8.57. The van der Waals surface area contributed by atoms with Crippen LogP contribution in [-0.2, 0) is 13.0 Å². The predicted molar refractivity (Wildman–Crippen MR) is 117 cm³/mol. The molecule has 1 aliphatic heterocycles. The molecular formula is C22H23FN6O2. The number of likely N-dealkylation sites (N-methyl/N-ethyl adjacent to an activating group) is 1. The van der Waals surface area contributed by atoms with Crippen LogP contribution in [0.3, 0.4) is 0 Å². The van der Waals surface area contributed by atoms with Gasteiger partial charge < -0.3 is 26.0 Å². The van der Waals surface area contributed by atoms with E-state index in [-0.39, 0.29) is 23.0 Å². The number of aromatic nitrogens is 2. The average Bonchev–Trinajstić information content (AvgIpc) is 2.75. The first-order valence-electron chi connectivity index (χ1n) is 9.78. The van der Waals surface area contributed by atoms with E-state index in [0.29, 0.717) is 11.4 Å². The third kappa shape index (κ3) is 4.41. The van der Waals surface area contributed by atoms with Crippen LogP contribution < -0.4 is 21.1 Å².